The standard InChI is InChI=1S/C18H18N4O2S2/c1-24-15-9-2-12(3-10-15)4-11-16(23)22-18(26)21-14-7-5-13(6-8-14)20-17(19)25/h2-11H,1H3,(H3,19,20,25)(H2,21,22,23,26)/b11-4+. The Morgan fingerprint density at radius 1 is 1.00 bits per heavy atom. The number of nitrogens with two attached hydrogens (primary N) is 1. The highest BCUT2D eigenvalue weighted by Crippen LogP contribution is 2.14. The fourth-order valence-corrected chi connectivity index (χ4v) is 2.32. The third-order valence-electron chi connectivity index (χ3n) is 3.19. The predicted molar refractivity (Wildman–Crippen MR) is 113 cm³/mol. The fourth-order valence-electron chi connectivity index (χ4n) is 1.98. The van der Waals surface area contributed by atoms with Crippen LogP contribution in [-0.4, -0.2) is 23.2 Å². The van der Waals surface area contributed by atoms with Crippen molar-refractivity contribution in [2.75, 3.05) is 17.7 Å². The van der Waals surface area contributed by atoms with E-state index >= 15 is 0 Å². The Morgan fingerprint density at radius 2 is 1.58 bits per heavy atom. The van der Waals surface area contributed by atoms with Gasteiger partial charge in [-0.2, -0.15) is 0 Å². The number of amides is 1. The molecule has 1 amide bonds. The highest BCUT2D eigenvalue weighted by Gasteiger charge is 2.02. The summed E-state index contributed by atoms with van der Waals surface area (Å²) in [7, 11) is 1.60. The minimum Gasteiger partial charge on any atom is -0.497 e. The van der Waals surface area contributed by atoms with Gasteiger partial charge in [0.25, 0.3) is 0 Å². The Labute approximate surface area is 162 Å². The second kappa shape index (κ2) is 9.50. The van der Waals surface area contributed by atoms with Crippen LogP contribution in [0, 0.1) is 0 Å². The van der Waals surface area contributed by atoms with Crippen LogP contribution in [0.5, 0.6) is 5.75 Å². The van der Waals surface area contributed by atoms with Crippen molar-refractivity contribution in [1.82, 2.24) is 5.32 Å². The van der Waals surface area contributed by atoms with Crippen LogP contribution < -0.4 is 26.4 Å². The lowest BCUT2D eigenvalue weighted by atomic mass is 10.2. The predicted octanol–water partition coefficient (Wildman–Crippen LogP) is 2.88. The Bertz CT molecular complexity index is 818. The largest absolute Gasteiger partial charge is 0.497 e. The maximum Gasteiger partial charge on any atom is 0.250 e. The van der Waals surface area contributed by atoms with Crippen molar-refractivity contribution >= 4 is 58.0 Å². The fraction of sp³-hybridized carbons (Fsp3) is 0.0556. The van der Waals surface area contributed by atoms with Crippen LogP contribution in [0.3, 0.4) is 0 Å². The molecule has 2 aromatic carbocycles. The number of ether oxygens (including phenoxy) is 1. The highest BCUT2D eigenvalue weighted by atomic mass is 32.1. The molecular weight excluding hydrogens is 368 g/mol. The van der Waals surface area contributed by atoms with Crippen LogP contribution in [0.2, 0.25) is 0 Å². The summed E-state index contributed by atoms with van der Waals surface area (Å²) in [5.41, 5.74) is 7.77. The lowest BCUT2D eigenvalue weighted by molar-refractivity contribution is -0.115. The molecule has 0 heterocycles. The first kappa shape index (κ1) is 19.4. The summed E-state index contributed by atoms with van der Waals surface area (Å²) >= 11 is 9.90. The molecule has 6 nitrogen and oxygen atoms in total. The summed E-state index contributed by atoms with van der Waals surface area (Å²) in [6.07, 6.45) is 3.10. The molecular formula is C18H18N4O2S2. The third kappa shape index (κ3) is 6.50. The molecule has 134 valence electrons. The van der Waals surface area contributed by atoms with Crippen LogP contribution >= 0.6 is 24.4 Å². The maximum absolute atomic E-state index is 11.9. The van der Waals surface area contributed by atoms with E-state index in [9.17, 15) is 4.79 Å². The van der Waals surface area contributed by atoms with E-state index in [4.69, 9.17) is 34.9 Å². The number of hydrogen-bond donors (Lipinski definition) is 4. The second-order valence-corrected chi connectivity index (χ2v) is 5.96. The molecule has 0 aliphatic carbocycles. The molecule has 0 saturated carbocycles. The molecule has 0 saturated heterocycles. The minimum absolute atomic E-state index is 0.192. The van der Waals surface area contributed by atoms with Gasteiger partial charge in [-0.3, -0.25) is 10.1 Å². The van der Waals surface area contributed by atoms with Crippen molar-refractivity contribution in [2.24, 2.45) is 5.73 Å². The minimum atomic E-state index is -0.329. The maximum atomic E-state index is 11.9. The van der Waals surface area contributed by atoms with Crippen molar-refractivity contribution in [3.63, 3.8) is 0 Å². The molecule has 2 aromatic rings. The van der Waals surface area contributed by atoms with Crippen molar-refractivity contribution in [1.29, 1.82) is 0 Å². The lowest BCUT2D eigenvalue weighted by Gasteiger charge is -2.09. The molecule has 0 aliphatic heterocycles. The van der Waals surface area contributed by atoms with Crippen LogP contribution in [0.25, 0.3) is 6.08 Å². The summed E-state index contributed by atoms with van der Waals surface area (Å²) in [6, 6.07) is 14.5. The Balaban J connectivity index is 1.85. The number of thiocarbonyl (C=S) groups is 2. The molecule has 0 unspecified atom stereocenters. The van der Waals surface area contributed by atoms with Gasteiger partial charge in [0.05, 0.1) is 7.11 Å². The van der Waals surface area contributed by atoms with E-state index in [1.807, 2.05) is 24.3 Å². The van der Waals surface area contributed by atoms with Gasteiger partial charge in [0.1, 0.15) is 5.75 Å². The zero-order valence-electron chi connectivity index (χ0n) is 14.0. The molecule has 5 N–H and O–H groups in total. The zero-order chi connectivity index (χ0) is 18.9. The van der Waals surface area contributed by atoms with E-state index in [1.54, 1.807) is 37.5 Å². The number of carbonyl (C=O) groups excluding carboxylic acids is 1. The van der Waals surface area contributed by atoms with Crippen molar-refractivity contribution < 1.29 is 9.53 Å². The average molecular weight is 387 g/mol. The number of anilines is 2. The van der Waals surface area contributed by atoms with E-state index in [2.05, 4.69) is 16.0 Å². The van der Waals surface area contributed by atoms with Crippen LogP contribution in [-0.2, 0) is 4.79 Å². The Hall–Kier alpha value is -2.97. The molecule has 0 radical (unpaired) electrons. The van der Waals surface area contributed by atoms with Crippen molar-refractivity contribution in [3.8, 4) is 5.75 Å². The summed E-state index contributed by atoms with van der Waals surface area (Å²) in [4.78, 5) is 11.9. The normalized spacial score (nSPS) is 10.2. The number of carbonyl (C=O) groups is 1. The van der Waals surface area contributed by atoms with E-state index in [1.165, 1.54) is 6.08 Å². The van der Waals surface area contributed by atoms with Gasteiger partial charge in [0.2, 0.25) is 5.91 Å². The Kier molecular flexibility index (Phi) is 7.07. The van der Waals surface area contributed by atoms with Gasteiger partial charge >= 0.3 is 0 Å². The summed E-state index contributed by atoms with van der Waals surface area (Å²) < 4.78 is 5.08. The van der Waals surface area contributed by atoms with Gasteiger partial charge in [-0.05, 0) is 72.5 Å². The van der Waals surface area contributed by atoms with E-state index < -0.39 is 0 Å². The number of nitrogens with one attached hydrogen (secondary N) is 3. The topological polar surface area (TPSA) is 88.4 Å². The third-order valence-corrected chi connectivity index (χ3v) is 3.50. The molecule has 0 aromatic heterocycles. The first-order valence-corrected chi connectivity index (χ1v) is 8.38. The summed E-state index contributed by atoms with van der Waals surface area (Å²) in [5, 5.41) is 8.71. The number of benzene rings is 2. The van der Waals surface area contributed by atoms with Gasteiger partial charge in [-0.1, -0.05) is 12.1 Å². The first-order valence-electron chi connectivity index (χ1n) is 7.57. The van der Waals surface area contributed by atoms with E-state index in [0.29, 0.717) is 0 Å². The number of methoxy groups -OCH3 is 1. The SMILES string of the molecule is COc1ccc(/C=C/C(=O)NC(=S)Nc2ccc(NC(N)=S)cc2)cc1. The van der Waals surface area contributed by atoms with E-state index in [-0.39, 0.29) is 16.1 Å². The zero-order valence-corrected chi connectivity index (χ0v) is 15.6. The summed E-state index contributed by atoms with van der Waals surface area (Å²) in [5.74, 6) is 0.427. The average Bonchev–Trinajstić information content (AvgIpc) is 2.61. The summed E-state index contributed by atoms with van der Waals surface area (Å²) in [6.45, 7) is 0. The first-order chi connectivity index (χ1) is 12.5. The van der Waals surface area contributed by atoms with E-state index in [0.717, 1.165) is 22.7 Å². The number of hydrogen-bond acceptors (Lipinski definition) is 4. The van der Waals surface area contributed by atoms with Gasteiger partial charge < -0.3 is 21.1 Å². The van der Waals surface area contributed by atoms with Crippen molar-refractivity contribution in [3.05, 3.63) is 60.2 Å². The van der Waals surface area contributed by atoms with Crippen LogP contribution in [0.4, 0.5) is 11.4 Å². The van der Waals surface area contributed by atoms with Crippen molar-refractivity contribution in [2.45, 2.75) is 0 Å². The number of rotatable bonds is 5. The lowest BCUT2D eigenvalue weighted by Crippen LogP contribution is -2.32. The van der Waals surface area contributed by atoms with Gasteiger partial charge in [-0.15, -0.1) is 0 Å². The molecule has 0 fully saturated rings. The Morgan fingerprint density at radius 3 is 2.12 bits per heavy atom. The molecule has 26 heavy (non-hydrogen) atoms. The monoisotopic (exact) mass is 386 g/mol. The molecule has 0 atom stereocenters. The molecule has 0 aliphatic rings. The van der Waals surface area contributed by atoms with Gasteiger partial charge in [0, 0.05) is 17.5 Å². The molecule has 8 heteroatoms. The van der Waals surface area contributed by atoms with Crippen LogP contribution in [0.15, 0.2) is 54.6 Å². The van der Waals surface area contributed by atoms with Gasteiger partial charge in [0.15, 0.2) is 10.2 Å². The van der Waals surface area contributed by atoms with Crippen LogP contribution in [0.1, 0.15) is 5.56 Å². The molecule has 2 rings (SSSR count). The molecule has 0 bridgehead atoms. The van der Waals surface area contributed by atoms with Gasteiger partial charge in [-0.25, -0.2) is 0 Å². The smallest absolute Gasteiger partial charge is 0.250 e. The quantitative estimate of drug-likeness (QED) is 0.464. The highest BCUT2D eigenvalue weighted by molar-refractivity contribution is 7.80. The second-order valence-electron chi connectivity index (χ2n) is 5.12. The molecule has 0 spiro atoms.